The van der Waals surface area contributed by atoms with Gasteiger partial charge in [-0.05, 0) is 57.1 Å². The van der Waals surface area contributed by atoms with Crippen LogP contribution in [0.3, 0.4) is 0 Å². The van der Waals surface area contributed by atoms with E-state index in [-0.39, 0.29) is 11.8 Å². The van der Waals surface area contributed by atoms with Crippen LogP contribution in [0.1, 0.15) is 32.3 Å². The number of fused-ring (bicyclic) bond motifs is 1. The van der Waals surface area contributed by atoms with E-state index in [1.165, 1.54) is 12.5 Å². The molecule has 0 radical (unpaired) electrons. The Balaban J connectivity index is 2.44. The summed E-state index contributed by atoms with van der Waals surface area (Å²) in [6.07, 6.45) is 2.02. The normalized spacial score (nSPS) is 12.4. The van der Waals surface area contributed by atoms with Gasteiger partial charge in [-0.1, -0.05) is 6.92 Å². The molecule has 1 aromatic heterocycles. The maximum atomic E-state index is 11.1. The number of aromatic nitrogens is 1. The van der Waals surface area contributed by atoms with Crippen LogP contribution in [0.4, 0.5) is 0 Å². The Hall–Kier alpha value is -0.760. The van der Waals surface area contributed by atoms with E-state index in [9.17, 15) is 4.79 Å². The quantitative estimate of drug-likeness (QED) is 0.652. The molecule has 1 amide bonds. The number of rotatable bonds is 5. The van der Waals surface area contributed by atoms with Gasteiger partial charge in [-0.2, -0.15) is 0 Å². The van der Waals surface area contributed by atoms with Crippen LogP contribution in [0.15, 0.2) is 16.7 Å². The number of hydrogen-bond acceptors (Lipinski definition) is 2. The number of amides is 1. The second kappa shape index (κ2) is 7.00. The SMILES string of the molecule is CCOc1cc2c(C(C)CNC(C)=O)c[nH]c2c(I)c1Br. The minimum Gasteiger partial charge on any atom is -0.493 e. The van der Waals surface area contributed by atoms with Crippen LogP contribution in [0.5, 0.6) is 5.75 Å². The topological polar surface area (TPSA) is 54.1 Å². The number of H-pyrrole nitrogens is 1. The molecular formula is C15H18BrIN2O2. The van der Waals surface area contributed by atoms with E-state index in [2.05, 4.69) is 61.8 Å². The van der Waals surface area contributed by atoms with Crippen LogP contribution >= 0.6 is 38.5 Å². The Kier molecular flexibility index (Phi) is 5.54. The molecule has 2 N–H and O–H groups in total. The van der Waals surface area contributed by atoms with Crippen molar-refractivity contribution in [2.45, 2.75) is 26.7 Å². The van der Waals surface area contributed by atoms with Gasteiger partial charge in [0, 0.05) is 31.0 Å². The molecule has 0 saturated heterocycles. The molecule has 4 nitrogen and oxygen atoms in total. The van der Waals surface area contributed by atoms with Crippen LogP contribution in [0, 0.1) is 3.57 Å². The summed E-state index contributed by atoms with van der Waals surface area (Å²) in [5, 5.41) is 4.01. The molecule has 0 spiro atoms. The van der Waals surface area contributed by atoms with E-state index in [0.29, 0.717) is 13.2 Å². The Morgan fingerprint density at radius 2 is 2.29 bits per heavy atom. The maximum absolute atomic E-state index is 11.1. The van der Waals surface area contributed by atoms with Gasteiger partial charge in [-0.25, -0.2) is 0 Å². The van der Waals surface area contributed by atoms with E-state index >= 15 is 0 Å². The van der Waals surface area contributed by atoms with Gasteiger partial charge < -0.3 is 15.0 Å². The summed E-state index contributed by atoms with van der Waals surface area (Å²) in [5.74, 6) is 1.07. The molecule has 6 heteroatoms. The number of ether oxygens (including phenoxy) is 1. The van der Waals surface area contributed by atoms with Crippen molar-refractivity contribution in [2.75, 3.05) is 13.2 Å². The van der Waals surface area contributed by atoms with Gasteiger partial charge >= 0.3 is 0 Å². The van der Waals surface area contributed by atoms with E-state index < -0.39 is 0 Å². The van der Waals surface area contributed by atoms with Crippen molar-refractivity contribution in [2.24, 2.45) is 0 Å². The lowest BCUT2D eigenvalue weighted by molar-refractivity contribution is -0.119. The number of carbonyl (C=O) groups excluding carboxylic acids is 1. The summed E-state index contributed by atoms with van der Waals surface area (Å²) in [6.45, 7) is 6.87. The Labute approximate surface area is 146 Å². The highest BCUT2D eigenvalue weighted by atomic mass is 127. The largest absolute Gasteiger partial charge is 0.493 e. The number of benzene rings is 1. The summed E-state index contributed by atoms with van der Waals surface area (Å²) >= 11 is 5.90. The number of hydrogen-bond donors (Lipinski definition) is 2. The van der Waals surface area contributed by atoms with Crippen molar-refractivity contribution < 1.29 is 9.53 Å². The molecule has 0 aliphatic heterocycles. The van der Waals surface area contributed by atoms with Gasteiger partial charge in [0.1, 0.15) is 5.75 Å². The Bertz CT molecular complexity index is 669. The van der Waals surface area contributed by atoms with Crippen molar-refractivity contribution in [3.8, 4) is 5.75 Å². The van der Waals surface area contributed by atoms with Crippen molar-refractivity contribution in [3.05, 3.63) is 25.9 Å². The van der Waals surface area contributed by atoms with Crippen molar-refractivity contribution in [3.63, 3.8) is 0 Å². The predicted molar refractivity (Wildman–Crippen MR) is 97.0 cm³/mol. The first-order valence-electron chi connectivity index (χ1n) is 6.81. The number of nitrogens with one attached hydrogen (secondary N) is 2. The molecule has 0 fully saturated rings. The monoisotopic (exact) mass is 464 g/mol. The molecular weight excluding hydrogens is 447 g/mol. The highest BCUT2D eigenvalue weighted by Gasteiger charge is 2.17. The summed E-state index contributed by atoms with van der Waals surface area (Å²) in [7, 11) is 0. The number of aromatic amines is 1. The van der Waals surface area contributed by atoms with Crippen molar-refractivity contribution in [1.82, 2.24) is 10.3 Å². The lowest BCUT2D eigenvalue weighted by Gasteiger charge is -2.13. The van der Waals surface area contributed by atoms with Gasteiger partial charge in [0.2, 0.25) is 5.91 Å². The molecule has 0 saturated carbocycles. The molecule has 114 valence electrons. The van der Waals surface area contributed by atoms with Crippen LogP contribution in [0.2, 0.25) is 0 Å². The summed E-state index contributed by atoms with van der Waals surface area (Å²) in [6, 6.07) is 2.06. The van der Waals surface area contributed by atoms with E-state index in [1.807, 2.05) is 13.1 Å². The molecule has 21 heavy (non-hydrogen) atoms. The summed E-state index contributed by atoms with van der Waals surface area (Å²) in [4.78, 5) is 14.4. The van der Waals surface area contributed by atoms with Gasteiger partial charge in [-0.3, -0.25) is 4.79 Å². The highest BCUT2D eigenvalue weighted by Crippen LogP contribution is 2.38. The maximum Gasteiger partial charge on any atom is 0.216 e. The standard InChI is InChI=1S/C15H18BrIN2O2/c1-4-21-12-5-10-11(8(2)6-18-9(3)20)7-19-15(10)14(17)13(12)16/h5,7-8,19H,4,6H2,1-3H3,(H,18,20). The molecule has 0 bridgehead atoms. The van der Waals surface area contributed by atoms with Crippen LogP contribution in [-0.4, -0.2) is 24.0 Å². The molecule has 1 aromatic carbocycles. The molecule has 1 heterocycles. The average Bonchev–Trinajstić information content (AvgIpc) is 2.86. The van der Waals surface area contributed by atoms with E-state index in [4.69, 9.17) is 4.74 Å². The molecule has 2 rings (SSSR count). The number of carbonyl (C=O) groups is 1. The third kappa shape index (κ3) is 3.53. The molecule has 0 aliphatic carbocycles. The van der Waals surface area contributed by atoms with E-state index in [1.54, 1.807) is 0 Å². The fraction of sp³-hybridized carbons (Fsp3) is 0.400. The third-order valence-electron chi connectivity index (χ3n) is 3.34. The first-order valence-corrected chi connectivity index (χ1v) is 8.69. The molecule has 1 unspecified atom stereocenters. The lowest BCUT2D eigenvalue weighted by Crippen LogP contribution is -2.24. The van der Waals surface area contributed by atoms with Gasteiger partial charge in [0.15, 0.2) is 0 Å². The minimum absolute atomic E-state index is 0.00554. The van der Waals surface area contributed by atoms with Crippen molar-refractivity contribution >= 4 is 55.3 Å². The Morgan fingerprint density at radius 3 is 2.90 bits per heavy atom. The lowest BCUT2D eigenvalue weighted by atomic mass is 10.0. The zero-order chi connectivity index (χ0) is 15.6. The third-order valence-corrected chi connectivity index (χ3v) is 5.95. The summed E-state index contributed by atoms with van der Waals surface area (Å²) < 4.78 is 7.77. The molecule has 2 aromatic rings. The van der Waals surface area contributed by atoms with E-state index in [0.717, 1.165) is 24.7 Å². The zero-order valence-corrected chi connectivity index (χ0v) is 16.0. The van der Waals surface area contributed by atoms with Gasteiger partial charge in [0.25, 0.3) is 0 Å². The number of halogens is 2. The van der Waals surface area contributed by atoms with Crippen LogP contribution in [-0.2, 0) is 4.79 Å². The second-order valence-electron chi connectivity index (χ2n) is 4.94. The second-order valence-corrected chi connectivity index (χ2v) is 6.81. The average molecular weight is 465 g/mol. The smallest absolute Gasteiger partial charge is 0.216 e. The fourth-order valence-corrected chi connectivity index (χ4v) is 3.41. The fourth-order valence-electron chi connectivity index (χ4n) is 2.27. The van der Waals surface area contributed by atoms with Gasteiger partial charge in [0.05, 0.1) is 20.2 Å². The summed E-state index contributed by atoms with van der Waals surface area (Å²) in [5.41, 5.74) is 2.28. The van der Waals surface area contributed by atoms with Crippen LogP contribution < -0.4 is 10.1 Å². The first-order chi connectivity index (χ1) is 9.95. The molecule has 0 aliphatic rings. The van der Waals surface area contributed by atoms with Crippen molar-refractivity contribution in [1.29, 1.82) is 0 Å². The Morgan fingerprint density at radius 1 is 1.57 bits per heavy atom. The first kappa shape index (κ1) is 16.6. The van der Waals surface area contributed by atoms with Crippen LogP contribution in [0.25, 0.3) is 10.9 Å². The minimum atomic E-state index is -0.00554. The predicted octanol–water partition coefficient (Wildman–Crippen LogP) is 4.17. The zero-order valence-electron chi connectivity index (χ0n) is 12.2. The molecule has 1 atom stereocenters. The van der Waals surface area contributed by atoms with Gasteiger partial charge in [-0.15, -0.1) is 0 Å². The highest BCUT2D eigenvalue weighted by molar-refractivity contribution is 14.1.